The van der Waals surface area contributed by atoms with Crippen LogP contribution in [0.5, 0.6) is 0 Å². The summed E-state index contributed by atoms with van der Waals surface area (Å²) in [6.45, 7) is 2.41. The summed E-state index contributed by atoms with van der Waals surface area (Å²) < 4.78 is 6.34. The Morgan fingerprint density at radius 1 is 1.36 bits per heavy atom. The van der Waals surface area contributed by atoms with Crippen LogP contribution in [0.3, 0.4) is 0 Å². The van der Waals surface area contributed by atoms with Gasteiger partial charge >= 0.3 is 0 Å². The van der Waals surface area contributed by atoms with Gasteiger partial charge in [0.25, 0.3) is 5.91 Å². The Morgan fingerprint density at radius 2 is 2.18 bits per heavy atom. The summed E-state index contributed by atoms with van der Waals surface area (Å²) in [5.74, 6) is 1.24. The summed E-state index contributed by atoms with van der Waals surface area (Å²) in [4.78, 5) is 25.3. The van der Waals surface area contributed by atoms with E-state index in [2.05, 4.69) is 26.3 Å². The van der Waals surface area contributed by atoms with Crippen molar-refractivity contribution in [3.05, 3.63) is 33.6 Å². The number of thiophene rings is 1. The maximum Gasteiger partial charge on any atom is 0.261 e. The van der Waals surface area contributed by atoms with Crippen molar-refractivity contribution in [2.45, 2.75) is 50.2 Å². The Hall–Kier alpha value is -2.19. The summed E-state index contributed by atoms with van der Waals surface area (Å²) in [7, 11) is 0. The largest absolute Gasteiger partial charge is 0.370 e. The Kier molecular flexibility index (Phi) is 4.47. The fourth-order valence-electron chi connectivity index (χ4n) is 4.39. The quantitative estimate of drug-likeness (QED) is 0.824. The van der Waals surface area contributed by atoms with Crippen molar-refractivity contribution < 1.29 is 9.53 Å². The van der Waals surface area contributed by atoms with Gasteiger partial charge in [0.05, 0.1) is 17.1 Å². The molecule has 0 bridgehead atoms. The molecular weight excluding hydrogens is 374 g/mol. The molecule has 5 rings (SSSR count). The number of carbonyl (C=O) groups excluding carboxylic acids is 1. The topological polar surface area (TPSA) is 93.4 Å². The van der Waals surface area contributed by atoms with Crippen molar-refractivity contribution in [1.29, 1.82) is 0 Å². The van der Waals surface area contributed by atoms with Crippen molar-refractivity contribution >= 4 is 29.0 Å². The smallest absolute Gasteiger partial charge is 0.261 e. The lowest BCUT2D eigenvalue weighted by Gasteiger charge is -2.44. The van der Waals surface area contributed by atoms with Crippen LogP contribution in [0.15, 0.2) is 18.3 Å². The molecule has 0 atom stereocenters. The molecule has 4 heterocycles. The van der Waals surface area contributed by atoms with Gasteiger partial charge in [-0.25, -0.2) is 4.98 Å². The molecule has 1 amide bonds. The van der Waals surface area contributed by atoms with Crippen LogP contribution in [-0.2, 0) is 16.8 Å². The second kappa shape index (κ2) is 7.00. The molecule has 2 aromatic heterocycles. The number of nitrogens with one attached hydrogen (secondary N) is 1. The van der Waals surface area contributed by atoms with Crippen LogP contribution in [0.25, 0.3) is 0 Å². The van der Waals surface area contributed by atoms with Crippen molar-refractivity contribution in [2.75, 3.05) is 30.3 Å². The van der Waals surface area contributed by atoms with Gasteiger partial charge in [0, 0.05) is 36.6 Å². The molecule has 2 aromatic rings. The fourth-order valence-corrected chi connectivity index (χ4v) is 5.52. The molecule has 3 N–H and O–H groups in total. The van der Waals surface area contributed by atoms with E-state index in [-0.39, 0.29) is 11.5 Å². The zero-order valence-electron chi connectivity index (χ0n) is 15.8. The minimum absolute atomic E-state index is 0.0770. The van der Waals surface area contributed by atoms with Crippen molar-refractivity contribution in [3.63, 3.8) is 0 Å². The molecule has 0 unspecified atom stereocenters. The van der Waals surface area contributed by atoms with Crippen LogP contribution >= 0.6 is 11.3 Å². The molecule has 0 radical (unpaired) electrons. The van der Waals surface area contributed by atoms with Crippen molar-refractivity contribution in [1.82, 2.24) is 15.3 Å². The third-order valence-electron chi connectivity index (χ3n) is 6.23. The van der Waals surface area contributed by atoms with Gasteiger partial charge in [-0.2, -0.15) is 4.98 Å². The number of nitrogens with zero attached hydrogens (tertiary/aromatic N) is 3. The number of ether oxygens (including phenoxy) is 1. The summed E-state index contributed by atoms with van der Waals surface area (Å²) in [5.41, 5.74) is 6.68. The first-order valence-corrected chi connectivity index (χ1v) is 10.9. The van der Waals surface area contributed by atoms with E-state index in [0.29, 0.717) is 12.0 Å². The summed E-state index contributed by atoms with van der Waals surface area (Å²) >= 11 is 1.64. The van der Waals surface area contributed by atoms with Crippen LogP contribution < -0.4 is 16.0 Å². The molecule has 1 spiro atoms. The number of piperidine rings is 1. The highest BCUT2D eigenvalue weighted by molar-refractivity contribution is 7.14. The van der Waals surface area contributed by atoms with E-state index < -0.39 is 0 Å². The van der Waals surface area contributed by atoms with Crippen LogP contribution in [-0.4, -0.2) is 41.6 Å². The van der Waals surface area contributed by atoms with Crippen LogP contribution in [0.4, 0.5) is 11.8 Å². The molecule has 2 fully saturated rings. The van der Waals surface area contributed by atoms with Gasteiger partial charge in [-0.3, -0.25) is 4.79 Å². The monoisotopic (exact) mass is 399 g/mol. The number of anilines is 2. The van der Waals surface area contributed by atoms with Gasteiger partial charge in [0.2, 0.25) is 5.95 Å². The zero-order chi connectivity index (χ0) is 19.1. The molecule has 1 saturated heterocycles. The number of fused-ring (bicyclic) bond motifs is 2. The number of amides is 1. The Labute approximate surface area is 168 Å². The predicted octanol–water partition coefficient (Wildman–Crippen LogP) is 2.47. The first-order valence-electron chi connectivity index (χ1n) is 10.0. The van der Waals surface area contributed by atoms with Crippen LogP contribution in [0.2, 0.25) is 0 Å². The molecule has 7 nitrogen and oxygen atoms in total. The standard InChI is InChI=1S/C20H25N5O2S/c21-19-22-8-4-17(24-19)25-9-6-20(7-10-25)14-12-16(28-15(14)5-11-27-20)18(26)23-13-2-1-3-13/h4,8,12-13H,1-3,5-7,9-11H2,(H,23,26)(H2,21,22,24). The summed E-state index contributed by atoms with van der Waals surface area (Å²) in [5, 5.41) is 3.16. The second-order valence-electron chi connectivity index (χ2n) is 7.90. The van der Waals surface area contributed by atoms with Gasteiger partial charge < -0.3 is 20.7 Å². The molecule has 1 saturated carbocycles. The summed E-state index contributed by atoms with van der Waals surface area (Å²) in [6, 6.07) is 4.35. The highest BCUT2D eigenvalue weighted by atomic mass is 32.1. The number of hydrogen-bond donors (Lipinski definition) is 2. The first-order chi connectivity index (χ1) is 13.6. The molecule has 2 aliphatic heterocycles. The van der Waals surface area contributed by atoms with E-state index in [9.17, 15) is 4.79 Å². The Balaban J connectivity index is 1.34. The number of hydrogen-bond acceptors (Lipinski definition) is 7. The van der Waals surface area contributed by atoms with Gasteiger partial charge in [0.15, 0.2) is 0 Å². The highest BCUT2D eigenvalue weighted by Gasteiger charge is 2.42. The maximum absolute atomic E-state index is 12.6. The molecule has 3 aliphatic rings. The normalized spacial score (nSPS) is 21.2. The molecule has 148 valence electrons. The van der Waals surface area contributed by atoms with Gasteiger partial charge in [-0.1, -0.05) is 0 Å². The lowest BCUT2D eigenvalue weighted by atomic mass is 9.82. The van der Waals surface area contributed by atoms with Gasteiger partial charge in [-0.15, -0.1) is 11.3 Å². The molecule has 1 aliphatic carbocycles. The van der Waals surface area contributed by atoms with Crippen LogP contribution in [0, 0.1) is 0 Å². The number of carbonyl (C=O) groups is 1. The fraction of sp³-hybridized carbons (Fsp3) is 0.550. The maximum atomic E-state index is 12.6. The third kappa shape index (κ3) is 3.14. The van der Waals surface area contributed by atoms with Crippen LogP contribution in [0.1, 0.15) is 52.2 Å². The number of nitrogens with two attached hydrogens (primary N) is 1. The minimum Gasteiger partial charge on any atom is -0.370 e. The first kappa shape index (κ1) is 17.9. The van der Waals surface area contributed by atoms with Crippen molar-refractivity contribution in [3.8, 4) is 0 Å². The lowest BCUT2D eigenvalue weighted by molar-refractivity contribution is -0.0757. The minimum atomic E-state index is -0.284. The second-order valence-corrected chi connectivity index (χ2v) is 9.04. The Bertz CT molecular complexity index is 886. The van der Waals surface area contributed by atoms with E-state index in [1.54, 1.807) is 17.5 Å². The number of nitrogen functional groups attached to an aromatic ring is 1. The molecule has 28 heavy (non-hydrogen) atoms. The average Bonchev–Trinajstić information content (AvgIpc) is 3.11. The predicted molar refractivity (Wildman–Crippen MR) is 109 cm³/mol. The molecule has 8 heteroatoms. The lowest BCUT2D eigenvalue weighted by Crippen LogP contribution is -2.46. The molecular formula is C20H25N5O2S. The zero-order valence-corrected chi connectivity index (χ0v) is 16.6. The number of rotatable bonds is 3. The summed E-state index contributed by atoms with van der Waals surface area (Å²) in [6.07, 6.45) is 7.78. The van der Waals surface area contributed by atoms with E-state index in [1.807, 2.05) is 6.07 Å². The van der Waals surface area contributed by atoms with E-state index in [4.69, 9.17) is 10.5 Å². The van der Waals surface area contributed by atoms with Gasteiger partial charge in [0.1, 0.15) is 5.82 Å². The van der Waals surface area contributed by atoms with Gasteiger partial charge in [-0.05, 0) is 49.8 Å². The SMILES string of the molecule is Nc1nccc(N2CCC3(CC2)OCCc2sc(C(=O)NC4CCC4)cc23)n1. The van der Waals surface area contributed by atoms with E-state index in [1.165, 1.54) is 16.9 Å². The van der Waals surface area contributed by atoms with E-state index >= 15 is 0 Å². The third-order valence-corrected chi connectivity index (χ3v) is 7.42. The Morgan fingerprint density at radius 3 is 2.89 bits per heavy atom. The van der Waals surface area contributed by atoms with Crippen molar-refractivity contribution in [2.24, 2.45) is 0 Å². The molecule has 0 aromatic carbocycles. The average molecular weight is 400 g/mol. The van der Waals surface area contributed by atoms with E-state index in [0.717, 1.165) is 62.5 Å². The number of aromatic nitrogens is 2. The highest BCUT2D eigenvalue weighted by Crippen LogP contribution is 2.45.